The Morgan fingerprint density at radius 2 is 2.21 bits per heavy atom. The molecule has 5 heteroatoms. The van der Waals surface area contributed by atoms with Crippen molar-refractivity contribution in [1.29, 1.82) is 0 Å². The summed E-state index contributed by atoms with van der Waals surface area (Å²) in [6, 6.07) is 0. The van der Waals surface area contributed by atoms with E-state index in [9.17, 15) is 4.79 Å². The van der Waals surface area contributed by atoms with Gasteiger partial charge in [-0.15, -0.1) is 12.4 Å². The van der Waals surface area contributed by atoms with E-state index in [-0.39, 0.29) is 18.1 Å². The van der Waals surface area contributed by atoms with Gasteiger partial charge in [0.25, 0.3) is 0 Å². The van der Waals surface area contributed by atoms with Crippen LogP contribution in [0, 0.1) is 6.92 Å². The number of aromatic nitrogens is 2. The molecule has 0 saturated heterocycles. The normalized spacial score (nSPS) is 14.4. The van der Waals surface area contributed by atoms with Gasteiger partial charge in [0, 0.05) is 6.54 Å². The zero-order valence-electron chi connectivity index (χ0n) is 7.99. The van der Waals surface area contributed by atoms with E-state index in [1.807, 2.05) is 11.5 Å². The van der Waals surface area contributed by atoms with Gasteiger partial charge in [0.15, 0.2) is 5.69 Å². The monoisotopic (exact) mass is 216 g/mol. The van der Waals surface area contributed by atoms with Crippen LogP contribution in [0.4, 0.5) is 0 Å². The molecule has 0 atom stereocenters. The van der Waals surface area contributed by atoms with Crippen LogP contribution in [-0.4, -0.2) is 20.6 Å². The molecule has 1 aromatic rings. The molecule has 14 heavy (non-hydrogen) atoms. The minimum Gasteiger partial charge on any atom is -0.476 e. The summed E-state index contributed by atoms with van der Waals surface area (Å²) >= 11 is 0. The Morgan fingerprint density at radius 1 is 1.50 bits per heavy atom. The molecule has 2 rings (SSSR count). The van der Waals surface area contributed by atoms with Crippen molar-refractivity contribution < 1.29 is 9.90 Å². The average molecular weight is 217 g/mol. The molecule has 0 amide bonds. The first-order valence-corrected chi connectivity index (χ1v) is 4.49. The van der Waals surface area contributed by atoms with Crippen LogP contribution in [0.25, 0.3) is 0 Å². The highest BCUT2D eigenvalue weighted by atomic mass is 35.5. The van der Waals surface area contributed by atoms with Crippen molar-refractivity contribution in [2.24, 2.45) is 0 Å². The van der Waals surface area contributed by atoms with Gasteiger partial charge in [-0.05, 0) is 26.2 Å². The number of aromatic carboxylic acids is 1. The highest BCUT2D eigenvalue weighted by molar-refractivity contribution is 5.86. The van der Waals surface area contributed by atoms with Gasteiger partial charge in [0.05, 0.1) is 5.69 Å². The minimum atomic E-state index is -0.904. The lowest BCUT2D eigenvalue weighted by atomic mass is 10.1. The van der Waals surface area contributed by atoms with Crippen LogP contribution in [0.5, 0.6) is 0 Å². The fourth-order valence-electron chi connectivity index (χ4n) is 1.89. The molecule has 1 N–H and O–H groups in total. The van der Waals surface area contributed by atoms with Crippen LogP contribution in [0.3, 0.4) is 0 Å². The Kier molecular flexibility index (Phi) is 3.16. The number of aryl methyl sites for hydroxylation is 1. The van der Waals surface area contributed by atoms with Gasteiger partial charge in [0.1, 0.15) is 5.82 Å². The summed E-state index contributed by atoms with van der Waals surface area (Å²) in [6.07, 6.45) is 3.05. The van der Waals surface area contributed by atoms with Crippen molar-refractivity contribution >= 4 is 18.4 Å². The molecule has 0 spiro atoms. The molecule has 78 valence electrons. The molecule has 2 heterocycles. The number of hydrogen-bond donors (Lipinski definition) is 1. The highest BCUT2D eigenvalue weighted by Crippen LogP contribution is 2.20. The summed E-state index contributed by atoms with van der Waals surface area (Å²) in [5.74, 6) is -0.0779. The van der Waals surface area contributed by atoms with E-state index < -0.39 is 5.97 Å². The average Bonchev–Trinajstić information content (AvgIpc) is 2.45. The first kappa shape index (κ1) is 11.0. The predicted octanol–water partition coefficient (Wildman–Crippen LogP) is 1.65. The van der Waals surface area contributed by atoms with Crippen molar-refractivity contribution in [3.05, 3.63) is 17.2 Å². The molecular weight excluding hydrogens is 204 g/mol. The summed E-state index contributed by atoms with van der Waals surface area (Å²) in [7, 11) is 0. The number of rotatable bonds is 1. The maximum absolute atomic E-state index is 10.8. The third kappa shape index (κ3) is 1.62. The lowest BCUT2D eigenvalue weighted by Gasteiger charge is -2.15. The lowest BCUT2D eigenvalue weighted by Crippen LogP contribution is -2.13. The fourth-order valence-corrected chi connectivity index (χ4v) is 1.89. The van der Waals surface area contributed by atoms with Gasteiger partial charge >= 0.3 is 5.97 Å². The van der Waals surface area contributed by atoms with E-state index >= 15 is 0 Å². The zero-order chi connectivity index (χ0) is 9.42. The van der Waals surface area contributed by atoms with E-state index in [4.69, 9.17) is 5.11 Å². The van der Waals surface area contributed by atoms with E-state index in [1.165, 1.54) is 0 Å². The Bertz CT molecular complexity index is 360. The standard InChI is InChI=1S/C9H12N2O2.ClH/c1-6-10-8(9(12)13)7-4-2-3-5-11(6)7;/h2-5H2,1H3,(H,12,13);1H. The van der Waals surface area contributed by atoms with Crippen LogP contribution in [0.1, 0.15) is 34.8 Å². The number of imidazole rings is 1. The van der Waals surface area contributed by atoms with Crippen LogP contribution in [0.15, 0.2) is 0 Å². The topological polar surface area (TPSA) is 55.1 Å². The number of halogens is 1. The first-order chi connectivity index (χ1) is 6.20. The summed E-state index contributed by atoms with van der Waals surface area (Å²) in [6.45, 7) is 2.78. The summed E-state index contributed by atoms with van der Waals surface area (Å²) < 4.78 is 2.02. The van der Waals surface area contributed by atoms with E-state index in [0.717, 1.165) is 37.3 Å². The molecule has 0 saturated carbocycles. The van der Waals surface area contributed by atoms with E-state index in [0.29, 0.717) is 0 Å². The summed E-state index contributed by atoms with van der Waals surface area (Å²) in [5.41, 5.74) is 1.15. The molecule has 0 fully saturated rings. The molecule has 0 bridgehead atoms. The SMILES string of the molecule is Cc1nc(C(=O)O)c2n1CCCC2.Cl. The quantitative estimate of drug-likeness (QED) is 0.777. The number of hydrogen-bond acceptors (Lipinski definition) is 2. The minimum absolute atomic E-state index is 0. The van der Waals surface area contributed by atoms with Crippen LogP contribution in [0.2, 0.25) is 0 Å². The van der Waals surface area contributed by atoms with Gasteiger partial charge in [-0.3, -0.25) is 0 Å². The van der Waals surface area contributed by atoms with Gasteiger partial charge < -0.3 is 9.67 Å². The Labute approximate surface area is 88.4 Å². The largest absolute Gasteiger partial charge is 0.476 e. The third-order valence-corrected chi connectivity index (χ3v) is 2.51. The maximum atomic E-state index is 10.8. The zero-order valence-corrected chi connectivity index (χ0v) is 8.80. The van der Waals surface area contributed by atoms with Gasteiger partial charge in [-0.25, -0.2) is 9.78 Å². The molecule has 0 unspecified atom stereocenters. The third-order valence-electron chi connectivity index (χ3n) is 2.51. The van der Waals surface area contributed by atoms with Crippen molar-refractivity contribution in [3.8, 4) is 0 Å². The number of carboxylic acids is 1. The van der Waals surface area contributed by atoms with Crippen LogP contribution >= 0.6 is 12.4 Å². The molecular formula is C9H13ClN2O2. The van der Waals surface area contributed by atoms with Crippen LogP contribution < -0.4 is 0 Å². The molecule has 1 aliphatic rings. The van der Waals surface area contributed by atoms with E-state index in [1.54, 1.807) is 0 Å². The lowest BCUT2D eigenvalue weighted by molar-refractivity contribution is 0.0689. The predicted molar refractivity (Wildman–Crippen MR) is 54.1 cm³/mol. The second kappa shape index (κ2) is 4.00. The van der Waals surface area contributed by atoms with Gasteiger partial charge in [-0.1, -0.05) is 0 Å². The number of nitrogens with zero attached hydrogens (tertiary/aromatic N) is 2. The second-order valence-corrected chi connectivity index (χ2v) is 3.37. The van der Waals surface area contributed by atoms with Gasteiger partial charge in [0.2, 0.25) is 0 Å². The molecule has 0 aromatic carbocycles. The maximum Gasteiger partial charge on any atom is 0.356 e. The number of fused-ring (bicyclic) bond motifs is 1. The van der Waals surface area contributed by atoms with Crippen molar-refractivity contribution in [2.75, 3.05) is 0 Å². The first-order valence-electron chi connectivity index (χ1n) is 4.49. The number of carboxylic acid groups (broad SMARTS) is 1. The van der Waals surface area contributed by atoms with Crippen molar-refractivity contribution in [1.82, 2.24) is 9.55 Å². The molecule has 0 radical (unpaired) electrons. The summed E-state index contributed by atoms with van der Waals surface area (Å²) in [4.78, 5) is 14.9. The van der Waals surface area contributed by atoms with Gasteiger partial charge in [-0.2, -0.15) is 0 Å². The van der Waals surface area contributed by atoms with E-state index in [2.05, 4.69) is 4.98 Å². The molecule has 0 aliphatic carbocycles. The summed E-state index contributed by atoms with van der Waals surface area (Å²) in [5, 5.41) is 8.88. The molecule has 1 aromatic heterocycles. The fraction of sp³-hybridized carbons (Fsp3) is 0.556. The Balaban J connectivity index is 0.000000980. The number of carbonyl (C=O) groups is 1. The Morgan fingerprint density at radius 3 is 2.86 bits per heavy atom. The van der Waals surface area contributed by atoms with Crippen LogP contribution in [-0.2, 0) is 13.0 Å². The van der Waals surface area contributed by atoms with Crippen molar-refractivity contribution in [2.45, 2.75) is 32.7 Å². The molecule has 4 nitrogen and oxygen atoms in total. The molecule has 1 aliphatic heterocycles. The van der Waals surface area contributed by atoms with Crippen molar-refractivity contribution in [3.63, 3.8) is 0 Å². The second-order valence-electron chi connectivity index (χ2n) is 3.37. The smallest absolute Gasteiger partial charge is 0.356 e. The Hall–Kier alpha value is -1.03. The highest BCUT2D eigenvalue weighted by Gasteiger charge is 2.21.